The van der Waals surface area contributed by atoms with Gasteiger partial charge in [0.25, 0.3) is 23.6 Å². The Morgan fingerprint density at radius 1 is 0.517 bits per heavy atom. The number of nitrogens with zero attached hydrogens (tertiary/aromatic N) is 15. The van der Waals surface area contributed by atoms with Crippen molar-refractivity contribution in [1.29, 1.82) is 0 Å². The molecule has 1 N–H and O–H groups in total. The van der Waals surface area contributed by atoms with Gasteiger partial charge in [0.15, 0.2) is 22.5 Å². The Labute approximate surface area is 707 Å². The van der Waals surface area contributed by atoms with Gasteiger partial charge in [-0.05, 0) is 204 Å². The van der Waals surface area contributed by atoms with E-state index < -0.39 is 17.6 Å². The predicted molar refractivity (Wildman–Crippen MR) is 458 cm³/mol. The molecule has 8 aromatic heterocycles. The molecule has 14 rings (SSSR count). The van der Waals surface area contributed by atoms with E-state index in [-0.39, 0.29) is 41.7 Å². The summed E-state index contributed by atoms with van der Waals surface area (Å²) in [5.41, 5.74) is 7.96. The molecule has 2 aliphatic rings. The summed E-state index contributed by atoms with van der Waals surface area (Å²) in [6, 6.07) is 35.4. The van der Waals surface area contributed by atoms with Crippen molar-refractivity contribution in [3.05, 3.63) is 235 Å². The Bertz CT molecular complexity index is 5400. The van der Waals surface area contributed by atoms with E-state index in [2.05, 4.69) is 84.7 Å². The van der Waals surface area contributed by atoms with Gasteiger partial charge >= 0.3 is 11.8 Å². The Kier molecular flexibility index (Phi) is 31.8. The van der Waals surface area contributed by atoms with Crippen LogP contribution in [0.15, 0.2) is 152 Å². The molecule has 0 atom stereocenters. The average Bonchev–Trinajstić information content (AvgIpc) is 1.64. The number of carbonyl (C=O) groups is 4. The third kappa shape index (κ3) is 22.3. The highest BCUT2D eigenvalue weighted by molar-refractivity contribution is 6.37. The number of alkyl halides is 3. The second-order valence-electron chi connectivity index (χ2n) is 30.6. The molecule has 624 valence electrons. The molecule has 0 radical (unpaired) electrons. The standard InChI is InChI=1S/C25H29F3N4O.C23H26Cl2N4O.C21H24Cl2N4O.C21H25FN4O/c1-2-3-6-15-31(24(33)18-9-7-10-19(16-18)25(26,27)28)17-22-30-21-13-8-14-29-23(21)32(22)20-11-4-5-12-20;1-15(2)13-28(23(30)18-10-9-16(24)12-19(18)25)14-21-27-20-8-5-11-26-22(20)29(21)17-6-3-4-7-17;1-3-5-12-26(21(28)16-9-8-15(22)13-17(16)23)14-19-25-18-7-6-10-24-20(18)27(19)11-4-2;1-4-11-25(21(27)16-9-8-15(3)17(22)13-16)14-19-24-18-7-6-10-23-20(18)26(19)12-5-2/h7-10,13-14,16,20H,2-6,11-12,15,17H2,1H3;5,8-12,15,17H,3-4,6-7,13-14H2,1-2H3;6-10,13H,3-5,11-12,14H2,1-2H3;6-10,13H,4-5,11-12,14H2,1-3H3/p+1. The predicted octanol–water partition coefficient (Wildman–Crippen LogP) is 21.9. The highest BCUT2D eigenvalue weighted by atomic mass is 35.5. The van der Waals surface area contributed by atoms with Gasteiger partial charge in [0.05, 0.1) is 52.4 Å². The molecule has 28 heteroatoms. The smallest absolute Gasteiger partial charge is 0.331 e. The SMILES string of the molecule is CC(C)CN(Cc1[nH]c2cccnc2[n+]1C1CCCC1)C(=O)c1ccc(Cl)cc1Cl.CCCCCN(Cc1nc2cccnc2n1C1CCCC1)C(=O)c1cccc(C(F)(F)F)c1.CCCCN(Cc1nc2cccnc2n1CCC)C(=O)c1ccc(Cl)cc1Cl.CCCN(Cc1nc2cccnc2n1CCC)C(=O)c1ccc(C)c(F)c1. The van der Waals surface area contributed by atoms with E-state index in [1.54, 1.807) is 83.8 Å². The summed E-state index contributed by atoms with van der Waals surface area (Å²) in [6.07, 6.45) is 19.0. The third-order valence-electron chi connectivity index (χ3n) is 21.1. The minimum atomic E-state index is -4.49. The van der Waals surface area contributed by atoms with Crippen molar-refractivity contribution >= 4 is 115 Å². The van der Waals surface area contributed by atoms with Crippen molar-refractivity contribution in [3.63, 3.8) is 0 Å². The first-order valence-electron chi connectivity index (χ1n) is 41.2. The Morgan fingerprint density at radius 2 is 1.02 bits per heavy atom. The summed E-state index contributed by atoms with van der Waals surface area (Å²) in [6.45, 7) is 21.7. The van der Waals surface area contributed by atoms with E-state index in [0.29, 0.717) is 100 Å². The number of fused-ring (bicyclic) bond motifs is 4. The topological polar surface area (TPSA) is 206 Å². The number of aryl methyl sites for hydroxylation is 3. The number of nitrogens with one attached hydrogen (secondary N) is 1. The molecule has 0 aliphatic heterocycles. The Hall–Kier alpha value is -9.88. The van der Waals surface area contributed by atoms with Gasteiger partial charge in [-0.15, -0.1) is 4.98 Å². The normalized spacial score (nSPS) is 13.1. The number of hydrogen-bond donors (Lipinski definition) is 1. The lowest BCUT2D eigenvalue weighted by atomic mass is 10.1. The van der Waals surface area contributed by atoms with Crippen LogP contribution in [0.2, 0.25) is 20.1 Å². The van der Waals surface area contributed by atoms with Crippen molar-refractivity contribution in [2.45, 2.75) is 216 Å². The fraction of sp³-hybridized carbons (Fsp3) is 0.422. The number of hydrogen-bond acceptors (Lipinski definition) is 11. The largest absolute Gasteiger partial charge is 0.416 e. The molecule has 8 heterocycles. The lowest BCUT2D eigenvalue weighted by molar-refractivity contribution is -0.706. The number of H-pyrrole nitrogens is 1. The summed E-state index contributed by atoms with van der Waals surface area (Å²) >= 11 is 24.7. The second-order valence-corrected chi connectivity index (χ2v) is 32.3. The lowest BCUT2D eigenvalue weighted by Crippen LogP contribution is -2.45. The maximum atomic E-state index is 13.9. The molecule has 2 fully saturated rings. The number of aromatic amines is 1. The van der Waals surface area contributed by atoms with Gasteiger partial charge in [0, 0.05) is 85.1 Å². The van der Waals surface area contributed by atoms with Crippen molar-refractivity contribution in [2.75, 3.05) is 26.2 Å². The van der Waals surface area contributed by atoms with Crippen LogP contribution in [0.4, 0.5) is 17.6 Å². The van der Waals surface area contributed by atoms with Crippen LogP contribution in [-0.2, 0) is 45.4 Å². The van der Waals surface area contributed by atoms with Gasteiger partial charge in [-0.2, -0.15) is 13.2 Å². The minimum Gasteiger partial charge on any atom is -0.331 e. The number of pyridine rings is 4. The molecule has 0 saturated heterocycles. The first kappa shape index (κ1) is 88.9. The summed E-state index contributed by atoms with van der Waals surface area (Å²) in [5, 5.41) is 1.77. The molecule has 2 aliphatic carbocycles. The molecule has 2 saturated carbocycles. The number of aromatic nitrogens is 12. The molecule has 0 bridgehead atoms. The first-order valence-corrected chi connectivity index (χ1v) is 42.7. The van der Waals surface area contributed by atoms with Gasteiger partial charge in [0.1, 0.15) is 52.6 Å². The van der Waals surface area contributed by atoms with E-state index >= 15 is 0 Å². The van der Waals surface area contributed by atoms with Gasteiger partial charge in [0.2, 0.25) is 5.82 Å². The van der Waals surface area contributed by atoms with Crippen LogP contribution >= 0.6 is 46.4 Å². The van der Waals surface area contributed by atoms with Crippen molar-refractivity contribution in [2.24, 2.45) is 5.92 Å². The van der Waals surface area contributed by atoms with Gasteiger partial charge in [-0.25, -0.2) is 38.9 Å². The zero-order valence-corrected chi connectivity index (χ0v) is 71.4. The highest BCUT2D eigenvalue weighted by Gasteiger charge is 2.35. The van der Waals surface area contributed by atoms with E-state index in [0.717, 1.165) is 183 Å². The molecule has 4 aromatic carbocycles. The molecule has 4 amide bonds. The molecular weight excluding hydrogens is 1590 g/mol. The number of carbonyl (C=O) groups excluding carboxylic acids is 4. The summed E-state index contributed by atoms with van der Waals surface area (Å²) < 4.78 is 62.2. The van der Waals surface area contributed by atoms with Crippen LogP contribution in [0.1, 0.15) is 239 Å². The minimum absolute atomic E-state index is 0.0444. The van der Waals surface area contributed by atoms with E-state index in [1.165, 1.54) is 31.0 Å². The zero-order valence-electron chi connectivity index (χ0n) is 68.4. The summed E-state index contributed by atoms with van der Waals surface area (Å²) in [4.78, 5) is 95.9. The number of amides is 4. The maximum Gasteiger partial charge on any atom is 0.416 e. The molecule has 12 aromatic rings. The summed E-state index contributed by atoms with van der Waals surface area (Å²) in [7, 11) is 0. The number of unbranched alkanes of at least 4 members (excludes halogenated alkanes) is 3. The van der Waals surface area contributed by atoms with Gasteiger partial charge in [-0.3, -0.25) is 24.2 Å². The zero-order chi connectivity index (χ0) is 84.2. The average molecular weight is 1690 g/mol. The van der Waals surface area contributed by atoms with Crippen molar-refractivity contribution in [1.82, 2.24) is 73.2 Å². The second kappa shape index (κ2) is 42.2. The number of imidazole rings is 4. The molecule has 20 nitrogen and oxygen atoms in total. The van der Waals surface area contributed by atoms with Crippen LogP contribution < -0.4 is 4.57 Å². The molecule has 0 spiro atoms. The number of benzene rings is 4. The molecule has 0 unspecified atom stereocenters. The van der Waals surface area contributed by atoms with Crippen molar-refractivity contribution < 1.29 is 41.3 Å². The number of halogens is 8. The van der Waals surface area contributed by atoms with Crippen LogP contribution in [-0.4, -0.2) is 123 Å². The maximum absolute atomic E-state index is 13.9. The highest BCUT2D eigenvalue weighted by Crippen LogP contribution is 2.36. The van der Waals surface area contributed by atoms with Crippen LogP contribution in [0.25, 0.3) is 44.7 Å². The van der Waals surface area contributed by atoms with Gasteiger partial charge in [-0.1, -0.05) is 139 Å². The summed E-state index contributed by atoms with van der Waals surface area (Å²) in [5.74, 6) is 2.57. The molecular formula is C90H105Cl4F4N16O4+. The fourth-order valence-corrected chi connectivity index (χ4v) is 16.4. The Morgan fingerprint density at radius 3 is 1.56 bits per heavy atom. The third-order valence-corrected chi connectivity index (χ3v) is 22.2. The van der Waals surface area contributed by atoms with Crippen molar-refractivity contribution in [3.8, 4) is 0 Å². The first-order chi connectivity index (χ1) is 56.9. The van der Waals surface area contributed by atoms with Gasteiger partial charge < -0.3 is 33.3 Å². The Balaban J connectivity index is 0.000000155. The molecule has 118 heavy (non-hydrogen) atoms. The van der Waals surface area contributed by atoms with E-state index in [9.17, 15) is 36.7 Å². The quantitative estimate of drug-likeness (QED) is 0.0265. The number of rotatable bonds is 29. The van der Waals surface area contributed by atoms with E-state index in [1.807, 2.05) is 71.5 Å². The van der Waals surface area contributed by atoms with Crippen LogP contribution in [0.3, 0.4) is 0 Å². The monoisotopic (exact) mass is 1690 g/mol. The lowest BCUT2D eigenvalue weighted by Gasteiger charge is -2.25. The van der Waals surface area contributed by atoms with E-state index in [4.69, 9.17) is 61.4 Å². The van der Waals surface area contributed by atoms with Crippen LogP contribution in [0.5, 0.6) is 0 Å². The fourth-order valence-electron chi connectivity index (χ4n) is 15.4. The van der Waals surface area contributed by atoms with Crippen LogP contribution in [0, 0.1) is 18.7 Å².